The van der Waals surface area contributed by atoms with Crippen LogP contribution < -0.4 is 10.1 Å². The number of ether oxygens (including phenoxy) is 1. The Morgan fingerprint density at radius 2 is 2.04 bits per heavy atom. The lowest BCUT2D eigenvalue weighted by Gasteiger charge is -2.17. The first kappa shape index (κ1) is 16.5. The van der Waals surface area contributed by atoms with E-state index in [9.17, 15) is 9.18 Å². The summed E-state index contributed by atoms with van der Waals surface area (Å²) in [5, 5.41) is 3.16. The minimum Gasteiger partial charge on any atom is -0.457 e. The molecule has 2 aromatic rings. The van der Waals surface area contributed by atoms with Gasteiger partial charge in [0.2, 0.25) is 0 Å². The first-order chi connectivity index (χ1) is 11.7. The van der Waals surface area contributed by atoms with Crippen LogP contribution in [0.1, 0.15) is 16.8 Å². The summed E-state index contributed by atoms with van der Waals surface area (Å²) in [6.45, 7) is 2.53. The number of carbonyl (C=O) groups is 1. The van der Waals surface area contributed by atoms with Gasteiger partial charge in [-0.3, -0.25) is 4.79 Å². The lowest BCUT2D eigenvalue weighted by atomic mass is 10.1. The topological polar surface area (TPSA) is 41.6 Å². The molecular weight excluding hydrogens is 307 g/mol. The third-order valence-corrected chi connectivity index (χ3v) is 4.20. The molecule has 5 heteroatoms. The van der Waals surface area contributed by atoms with Gasteiger partial charge in [-0.05, 0) is 62.3 Å². The van der Waals surface area contributed by atoms with Crippen molar-refractivity contribution in [2.24, 2.45) is 5.92 Å². The van der Waals surface area contributed by atoms with E-state index < -0.39 is 0 Å². The average molecular weight is 328 g/mol. The third kappa shape index (κ3) is 3.92. The van der Waals surface area contributed by atoms with E-state index in [1.807, 2.05) is 11.9 Å². The number of benzene rings is 2. The predicted molar refractivity (Wildman–Crippen MR) is 90.9 cm³/mol. The van der Waals surface area contributed by atoms with Gasteiger partial charge in [0.25, 0.3) is 5.91 Å². The van der Waals surface area contributed by atoms with Gasteiger partial charge in [-0.1, -0.05) is 6.07 Å². The van der Waals surface area contributed by atoms with Crippen molar-refractivity contribution in [3.05, 3.63) is 59.9 Å². The molecule has 0 unspecified atom stereocenters. The lowest BCUT2D eigenvalue weighted by Crippen LogP contribution is -2.30. The molecule has 1 aliphatic rings. The quantitative estimate of drug-likeness (QED) is 0.916. The van der Waals surface area contributed by atoms with Crippen LogP contribution in [0.25, 0.3) is 0 Å². The summed E-state index contributed by atoms with van der Waals surface area (Å²) in [5.74, 6) is 1.24. The highest BCUT2D eigenvalue weighted by Gasteiger charge is 2.26. The number of nitrogens with zero attached hydrogens (tertiary/aromatic N) is 1. The summed E-state index contributed by atoms with van der Waals surface area (Å²) in [7, 11) is 1.93. The Bertz CT molecular complexity index is 703. The predicted octanol–water partition coefficient (Wildman–Crippen LogP) is 3.30. The highest BCUT2D eigenvalue weighted by atomic mass is 19.1. The number of amides is 1. The molecule has 1 saturated heterocycles. The van der Waals surface area contributed by atoms with E-state index in [2.05, 4.69) is 5.32 Å². The molecule has 0 saturated carbocycles. The molecule has 0 aliphatic carbocycles. The molecular formula is C19H21FN2O2. The second-order valence-corrected chi connectivity index (χ2v) is 6.05. The second kappa shape index (κ2) is 7.45. The fraction of sp³-hybridized carbons (Fsp3) is 0.316. The number of rotatable bonds is 5. The molecule has 1 fully saturated rings. The van der Waals surface area contributed by atoms with Gasteiger partial charge in [-0.2, -0.15) is 0 Å². The maximum atomic E-state index is 13.2. The highest BCUT2D eigenvalue weighted by molar-refractivity contribution is 5.94. The van der Waals surface area contributed by atoms with Crippen molar-refractivity contribution < 1.29 is 13.9 Å². The van der Waals surface area contributed by atoms with Crippen molar-refractivity contribution in [3.8, 4) is 11.5 Å². The number of hydrogen-bond donors (Lipinski definition) is 1. The van der Waals surface area contributed by atoms with Crippen LogP contribution in [0.3, 0.4) is 0 Å². The van der Waals surface area contributed by atoms with E-state index in [1.54, 1.807) is 36.4 Å². The highest BCUT2D eigenvalue weighted by Crippen LogP contribution is 2.24. The van der Waals surface area contributed by atoms with E-state index in [4.69, 9.17) is 4.74 Å². The van der Waals surface area contributed by atoms with Crippen molar-refractivity contribution in [3.63, 3.8) is 0 Å². The summed E-state index contributed by atoms with van der Waals surface area (Å²) in [6, 6.07) is 13.0. The molecule has 126 valence electrons. The Balaban J connectivity index is 1.63. The van der Waals surface area contributed by atoms with E-state index >= 15 is 0 Å². The Morgan fingerprint density at radius 3 is 2.75 bits per heavy atom. The maximum absolute atomic E-state index is 13.2. The van der Waals surface area contributed by atoms with Crippen molar-refractivity contribution >= 4 is 5.91 Å². The van der Waals surface area contributed by atoms with Gasteiger partial charge < -0.3 is 15.0 Å². The van der Waals surface area contributed by atoms with Gasteiger partial charge in [0, 0.05) is 24.7 Å². The van der Waals surface area contributed by atoms with Crippen molar-refractivity contribution in [2.75, 3.05) is 26.7 Å². The van der Waals surface area contributed by atoms with Gasteiger partial charge in [0.15, 0.2) is 0 Å². The summed E-state index contributed by atoms with van der Waals surface area (Å²) in [5.41, 5.74) is 0.645. The molecule has 0 bridgehead atoms. The zero-order valence-electron chi connectivity index (χ0n) is 13.7. The molecule has 0 aromatic heterocycles. The van der Waals surface area contributed by atoms with Crippen LogP contribution >= 0.6 is 0 Å². The Kier molecular flexibility index (Phi) is 5.11. The van der Waals surface area contributed by atoms with E-state index in [0.717, 1.165) is 26.1 Å². The average Bonchev–Trinajstić information content (AvgIpc) is 3.04. The van der Waals surface area contributed by atoms with E-state index in [1.165, 1.54) is 12.1 Å². The number of halogens is 1. The van der Waals surface area contributed by atoms with Gasteiger partial charge >= 0.3 is 0 Å². The molecule has 1 aliphatic heterocycles. The molecule has 0 spiro atoms. The van der Waals surface area contributed by atoms with Crippen LogP contribution in [0.15, 0.2) is 48.5 Å². The number of nitrogens with one attached hydrogen (secondary N) is 1. The molecule has 0 radical (unpaired) electrons. The Morgan fingerprint density at radius 1 is 1.25 bits per heavy atom. The molecule has 1 amide bonds. The molecule has 1 N–H and O–H groups in total. The minimum atomic E-state index is -0.343. The first-order valence-corrected chi connectivity index (χ1v) is 8.13. The second-order valence-electron chi connectivity index (χ2n) is 6.05. The summed E-state index contributed by atoms with van der Waals surface area (Å²) in [4.78, 5) is 14.4. The smallest absolute Gasteiger partial charge is 0.253 e. The van der Waals surface area contributed by atoms with Crippen LogP contribution in [0.2, 0.25) is 0 Å². The number of carbonyl (C=O) groups excluding carboxylic acids is 1. The SMILES string of the molecule is CNC[C@@H]1CCN(C(=O)c2ccc(Oc3cccc(F)c3)cc2)C1. The lowest BCUT2D eigenvalue weighted by molar-refractivity contribution is 0.0787. The van der Waals surface area contributed by atoms with Crippen molar-refractivity contribution in [1.29, 1.82) is 0 Å². The summed E-state index contributed by atoms with van der Waals surface area (Å²) >= 11 is 0. The van der Waals surface area contributed by atoms with Gasteiger partial charge in [-0.15, -0.1) is 0 Å². The van der Waals surface area contributed by atoms with E-state index in [-0.39, 0.29) is 11.7 Å². The minimum absolute atomic E-state index is 0.0471. The van der Waals surface area contributed by atoms with Crippen LogP contribution in [-0.4, -0.2) is 37.5 Å². The van der Waals surface area contributed by atoms with Gasteiger partial charge in [0.05, 0.1) is 0 Å². The largest absolute Gasteiger partial charge is 0.457 e. The number of hydrogen-bond acceptors (Lipinski definition) is 3. The Hall–Kier alpha value is -2.40. The zero-order chi connectivity index (χ0) is 16.9. The standard InChI is InChI=1S/C19H21FN2O2/c1-21-12-14-9-10-22(13-14)19(23)15-5-7-17(8-6-15)24-18-4-2-3-16(20)11-18/h2-8,11,14,21H,9-10,12-13H2,1H3/t14-/m0/s1. The van der Waals surface area contributed by atoms with Crippen LogP contribution in [-0.2, 0) is 0 Å². The number of likely N-dealkylation sites (tertiary alicyclic amines) is 1. The van der Waals surface area contributed by atoms with Crippen molar-refractivity contribution in [1.82, 2.24) is 10.2 Å². The van der Waals surface area contributed by atoms with Crippen LogP contribution in [0.5, 0.6) is 11.5 Å². The molecule has 2 aromatic carbocycles. The summed E-state index contributed by atoms with van der Waals surface area (Å²) < 4.78 is 18.8. The zero-order valence-corrected chi connectivity index (χ0v) is 13.7. The van der Waals surface area contributed by atoms with Gasteiger partial charge in [-0.25, -0.2) is 4.39 Å². The third-order valence-electron chi connectivity index (χ3n) is 4.20. The molecule has 3 rings (SSSR count). The Labute approximate surface area is 141 Å². The van der Waals surface area contributed by atoms with Crippen molar-refractivity contribution in [2.45, 2.75) is 6.42 Å². The van der Waals surface area contributed by atoms with Gasteiger partial charge in [0.1, 0.15) is 17.3 Å². The normalized spacial score (nSPS) is 17.1. The van der Waals surface area contributed by atoms with Crippen LogP contribution in [0.4, 0.5) is 4.39 Å². The molecule has 1 atom stereocenters. The van der Waals surface area contributed by atoms with Crippen LogP contribution in [0, 0.1) is 11.7 Å². The monoisotopic (exact) mass is 328 g/mol. The fourth-order valence-electron chi connectivity index (χ4n) is 2.99. The maximum Gasteiger partial charge on any atom is 0.253 e. The molecule has 4 nitrogen and oxygen atoms in total. The van der Waals surface area contributed by atoms with E-state index in [0.29, 0.717) is 23.0 Å². The molecule has 1 heterocycles. The fourth-order valence-corrected chi connectivity index (χ4v) is 2.99. The summed E-state index contributed by atoms with van der Waals surface area (Å²) in [6.07, 6.45) is 1.04. The molecule has 24 heavy (non-hydrogen) atoms. The first-order valence-electron chi connectivity index (χ1n) is 8.13.